The van der Waals surface area contributed by atoms with Crippen LogP contribution in [-0.4, -0.2) is 25.1 Å². The summed E-state index contributed by atoms with van der Waals surface area (Å²) in [6, 6.07) is 3.21. The number of fused-ring (bicyclic) bond motifs is 1. The highest BCUT2D eigenvalue weighted by molar-refractivity contribution is 6.00. The van der Waals surface area contributed by atoms with E-state index in [1.807, 2.05) is 0 Å². The number of hydrogen-bond donors (Lipinski definition) is 1. The summed E-state index contributed by atoms with van der Waals surface area (Å²) in [5.74, 6) is 0.251. The van der Waals surface area contributed by atoms with Crippen molar-refractivity contribution in [2.75, 3.05) is 13.3 Å². The number of carbonyl (C=O) groups is 1. The number of ketones is 1. The Balaban J connectivity index is 2.32. The summed E-state index contributed by atoms with van der Waals surface area (Å²) in [4.78, 5) is 12.9. The van der Waals surface area contributed by atoms with E-state index >= 15 is 0 Å². The lowest BCUT2D eigenvalue weighted by Gasteiger charge is -2.17. The second kappa shape index (κ2) is 7.29. The van der Waals surface area contributed by atoms with Crippen LogP contribution in [0.25, 0.3) is 0 Å². The molecule has 0 saturated carbocycles. The number of benzene rings is 1. The fourth-order valence-electron chi connectivity index (χ4n) is 1.96. The van der Waals surface area contributed by atoms with E-state index in [4.69, 9.17) is 21.8 Å². The molecule has 0 aromatic heterocycles. The number of carbonyl (C=O) groups excluding carboxylic acids is 1. The molecule has 2 rings (SSSR count). The zero-order valence-electron chi connectivity index (χ0n) is 20.2. The van der Waals surface area contributed by atoms with Gasteiger partial charge in [0.1, 0.15) is 0 Å². The lowest BCUT2D eigenvalue weighted by atomic mass is 10.00. The molecular weight excluding hydrogens is 254 g/mol. The maximum Gasteiger partial charge on any atom is 0.231 e. The molecule has 0 saturated heterocycles. The Kier molecular flexibility index (Phi) is 2.53. The van der Waals surface area contributed by atoms with Gasteiger partial charge in [-0.25, -0.2) is 0 Å². The van der Waals surface area contributed by atoms with Crippen molar-refractivity contribution in [3.63, 3.8) is 0 Å². The maximum atomic E-state index is 12.9. The minimum atomic E-state index is -3.50. The lowest BCUT2D eigenvalue weighted by Crippen LogP contribution is -2.37. The fraction of sp³-hybridized carbons (Fsp3) is 0.562. The molecule has 4 nitrogen and oxygen atoms in total. The highest BCUT2D eigenvalue weighted by Gasteiger charge is 2.21. The Bertz CT molecular complexity index is 764. The van der Waals surface area contributed by atoms with E-state index in [1.54, 1.807) is 6.92 Å². The zero-order chi connectivity index (χ0) is 22.3. The summed E-state index contributed by atoms with van der Waals surface area (Å²) in [7, 11) is 0. The van der Waals surface area contributed by atoms with Crippen LogP contribution in [0.4, 0.5) is 0 Å². The summed E-state index contributed by atoms with van der Waals surface area (Å²) in [5.41, 5.74) is 0.176. The van der Waals surface area contributed by atoms with Crippen LogP contribution >= 0.6 is 0 Å². The molecule has 1 heterocycles. The molecule has 20 heavy (non-hydrogen) atoms. The summed E-state index contributed by atoms with van der Waals surface area (Å²) in [6.07, 6.45) is -6.40. The van der Waals surface area contributed by atoms with E-state index in [1.165, 1.54) is 18.2 Å². The Morgan fingerprint density at radius 2 is 2.35 bits per heavy atom. The van der Waals surface area contributed by atoms with E-state index in [9.17, 15) is 4.79 Å². The van der Waals surface area contributed by atoms with Gasteiger partial charge >= 0.3 is 0 Å². The first-order valence-electron chi connectivity index (χ1n) is 10.9. The van der Waals surface area contributed by atoms with Crippen molar-refractivity contribution in [1.29, 1.82) is 0 Å². The van der Waals surface area contributed by atoms with Crippen LogP contribution in [0, 0.1) is 0 Å². The number of nitrogens with one attached hydrogen (secondary N) is 1. The molecular formula is C16H23NO3. The molecule has 0 aliphatic carbocycles. The van der Waals surface area contributed by atoms with Crippen molar-refractivity contribution in [1.82, 2.24) is 5.32 Å². The van der Waals surface area contributed by atoms with E-state index in [0.29, 0.717) is 17.9 Å². The van der Waals surface area contributed by atoms with Gasteiger partial charge in [0.2, 0.25) is 6.79 Å². The highest BCUT2D eigenvalue weighted by atomic mass is 16.7. The molecule has 0 bridgehead atoms. The molecule has 1 unspecified atom stereocenters. The average Bonchev–Trinajstić information content (AvgIpc) is 3.06. The second-order valence-electron chi connectivity index (χ2n) is 4.29. The normalized spacial score (nSPS) is 23.8. The first-order valence-corrected chi connectivity index (χ1v) is 6.37. The number of rotatable bonds is 8. The highest BCUT2D eigenvalue weighted by Crippen LogP contribution is 2.32. The van der Waals surface area contributed by atoms with Gasteiger partial charge in [-0.15, -0.1) is 0 Å². The third kappa shape index (κ3) is 3.51. The molecule has 1 aliphatic rings. The molecule has 110 valence electrons. The summed E-state index contributed by atoms with van der Waals surface area (Å²) in [6.45, 7) is -4.81. The topological polar surface area (TPSA) is 47.6 Å². The van der Waals surface area contributed by atoms with E-state index in [0.717, 1.165) is 0 Å². The smallest absolute Gasteiger partial charge is 0.231 e. The van der Waals surface area contributed by atoms with Gasteiger partial charge in [-0.1, -0.05) is 26.6 Å². The summed E-state index contributed by atoms with van der Waals surface area (Å²) >= 11 is 0. The SMILES string of the molecule is [2H]C([2H])([2H])C([2H])([2H])C([2H])([2H])C([2H])([2H])NC(CCC)C(=O)c1ccc2c(c1)OCO2. The summed E-state index contributed by atoms with van der Waals surface area (Å²) < 4.78 is 79.4. The van der Waals surface area contributed by atoms with Gasteiger partial charge in [-0.3, -0.25) is 4.79 Å². The zero-order valence-corrected chi connectivity index (χ0v) is 11.2. The van der Waals surface area contributed by atoms with Gasteiger partial charge in [-0.05, 0) is 37.5 Å². The quantitative estimate of drug-likeness (QED) is 0.746. The standard InChI is InChI=1S/C16H23NO3/c1-3-5-9-17-13(6-4-2)16(18)12-7-8-14-15(10-12)20-11-19-14/h7-8,10,13,17H,3-6,9,11H2,1-2H3/i1D3,3D2,5D2,9D2. The largest absolute Gasteiger partial charge is 0.454 e. The third-order valence-corrected chi connectivity index (χ3v) is 2.92. The van der Waals surface area contributed by atoms with Crippen LogP contribution in [0.2, 0.25) is 0 Å². The first kappa shape index (κ1) is 6.94. The van der Waals surface area contributed by atoms with Gasteiger partial charge in [0.05, 0.1) is 6.04 Å². The van der Waals surface area contributed by atoms with Gasteiger partial charge in [0.15, 0.2) is 17.3 Å². The van der Waals surface area contributed by atoms with Crippen molar-refractivity contribution < 1.29 is 26.6 Å². The van der Waals surface area contributed by atoms with E-state index < -0.39 is 37.9 Å². The van der Waals surface area contributed by atoms with E-state index in [-0.39, 0.29) is 18.8 Å². The second-order valence-corrected chi connectivity index (χ2v) is 4.29. The van der Waals surface area contributed by atoms with Crippen LogP contribution in [-0.2, 0) is 0 Å². The molecule has 1 aromatic rings. The van der Waals surface area contributed by atoms with Crippen LogP contribution in [0.3, 0.4) is 0 Å². The monoisotopic (exact) mass is 286 g/mol. The molecule has 0 fully saturated rings. The molecule has 1 aliphatic heterocycles. The minimum absolute atomic E-state index is 0.0105. The Morgan fingerprint density at radius 3 is 3.15 bits per heavy atom. The summed E-state index contributed by atoms with van der Waals surface area (Å²) in [5, 5.41) is 2.23. The van der Waals surface area contributed by atoms with Gasteiger partial charge in [0, 0.05) is 17.9 Å². The van der Waals surface area contributed by atoms with Crippen molar-refractivity contribution >= 4 is 5.78 Å². The van der Waals surface area contributed by atoms with Crippen LogP contribution in [0.5, 0.6) is 11.5 Å². The Hall–Kier alpha value is -1.55. The Morgan fingerprint density at radius 1 is 1.50 bits per heavy atom. The number of Topliss-reactive ketones (excluding diaryl/α,β-unsaturated/α-hetero) is 1. The van der Waals surface area contributed by atoms with Gasteiger partial charge in [-0.2, -0.15) is 0 Å². The molecule has 0 radical (unpaired) electrons. The lowest BCUT2D eigenvalue weighted by molar-refractivity contribution is 0.0937. The van der Waals surface area contributed by atoms with Crippen LogP contribution in [0.15, 0.2) is 18.2 Å². The predicted molar refractivity (Wildman–Crippen MR) is 78.5 cm³/mol. The van der Waals surface area contributed by atoms with Crippen LogP contribution in [0.1, 0.15) is 62.1 Å². The number of hydrogen-bond acceptors (Lipinski definition) is 4. The fourth-order valence-corrected chi connectivity index (χ4v) is 1.96. The molecule has 4 heteroatoms. The number of ether oxygens (including phenoxy) is 2. The minimum Gasteiger partial charge on any atom is -0.454 e. The van der Waals surface area contributed by atoms with Crippen molar-refractivity contribution in [3.8, 4) is 11.5 Å². The van der Waals surface area contributed by atoms with Crippen molar-refractivity contribution in [2.24, 2.45) is 0 Å². The van der Waals surface area contributed by atoms with Crippen LogP contribution < -0.4 is 14.8 Å². The molecule has 1 atom stereocenters. The Labute approximate surface area is 133 Å². The maximum absolute atomic E-state index is 12.9. The molecule has 1 aromatic carbocycles. The van der Waals surface area contributed by atoms with Crippen molar-refractivity contribution in [3.05, 3.63) is 23.8 Å². The third-order valence-electron chi connectivity index (χ3n) is 2.92. The molecule has 1 N–H and O–H groups in total. The molecule has 0 amide bonds. The predicted octanol–water partition coefficient (Wildman–Crippen LogP) is 3.16. The average molecular weight is 286 g/mol. The van der Waals surface area contributed by atoms with E-state index in [2.05, 4.69) is 5.32 Å². The first-order chi connectivity index (χ1) is 13.2. The molecule has 0 spiro atoms. The van der Waals surface area contributed by atoms with Crippen molar-refractivity contribution in [2.45, 2.75) is 45.4 Å². The van der Waals surface area contributed by atoms with Gasteiger partial charge < -0.3 is 14.8 Å². The van der Waals surface area contributed by atoms with Gasteiger partial charge in [0.25, 0.3) is 0 Å².